The summed E-state index contributed by atoms with van der Waals surface area (Å²) in [4.78, 5) is 0. The lowest BCUT2D eigenvalue weighted by molar-refractivity contribution is 0.390. The second-order valence-electron chi connectivity index (χ2n) is 6.79. The van der Waals surface area contributed by atoms with Crippen LogP contribution in [0.25, 0.3) is 0 Å². The van der Waals surface area contributed by atoms with E-state index in [1.807, 2.05) is 7.11 Å². The number of nitrogens with one attached hydrogen (secondary N) is 1. The van der Waals surface area contributed by atoms with Gasteiger partial charge in [-0.2, -0.15) is 0 Å². The summed E-state index contributed by atoms with van der Waals surface area (Å²) in [6.45, 7) is 17.8. The van der Waals surface area contributed by atoms with Crippen LogP contribution in [0, 0.1) is 5.92 Å². The summed E-state index contributed by atoms with van der Waals surface area (Å²) in [6, 6.07) is 1.25. The van der Waals surface area contributed by atoms with Crippen LogP contribution in [-0.2, 0) is 8.85 Å². The lowest BCUT2D eigenvalue weighted by Crippen LogP contribution is -2.34. The van der Waals surface area contributed by atoms with Crippen molar-refractivity contribution < 1.29 is 8.85 Å². The third-order valence-electron chi connectivity index (χ3n) is 2.92. The minimum Gasteiger partial charge on any atom is -0.421 e. The van der Waals surface area contributed by atoms with Gasteiger partial charge in [-0.1, -0.05) is 13.8 Å². The van der Waals surface area contributed by atoms with Crippen molar-refractivity contribution >= 4 is 16.6 Å². The summed E-state index contributed by atoms with van der Waals surface area (Å²) >= 11 is 0. The zero-order valence-electron chi connectivity index (χ0n) is 14.7. The second kappa shape index (κ2) is 11.0. The molecule has 0 aliphatic rings. The summed E-state index contributed by atoms with van der Waals surface area (Å²) in [7, 11) is 1.14. The van der Waals surface area contributed by atoms with E-state index in [2.05, 4.69) is 51.9 Å². The molecular formula is C14H37NO2Si2. The van der Waals surface area contributed by atoms with Gasteiger partial charge in [0.1, 0.15) is 0 Å². The van der Waals surface area contributed by atoms with Gasteiger partial charge < -0.3 is 14.2 Å². The molecule has 1 atom stereocenters. The van der Waals surface area contributed by atoms with Crippen LogP contribution in [0.4, 0.5) is 0 Å². The molecule has 118 valence electrons. The predicted octanol–water partition coefficient (Wildman–Crippen LogP) is 3.94. The van der Waals surface area contributed by atoms with Crippen molar-refractivity contribution in [1.82, 2.24) is 5.32 Å². The van der Waals surface area contributed by atoms with Gasteiger partial charge in [0.05, 0.1) is 0 Å². The van der Waals surface area contributed by atoms with E-state index >= 15 is 0 Å². The Morgan fingerprint density at radius 1 is 1.00 bits per heavy atom. The molecule has 0 rings (SSSR count). The summed E-state index contributed by atoms with van der Waals surface area (Å²) in [5.41, 5.74) is 0. The van der Waals surface area contributed by atoms with Crippen molar-refractivity contribution in [2.75, 3.05) is 27.3 Å². The minimum atomic E-state index is -1.34. The maximum absolute atomic E-state index is 5.53. The van der Waals surface area contributed by atoms with Crippen LogP contribution in [-0.4, -0.2) is 43.9 Å². The van der Waals surface area contributed by atoms with Crippen molar-refractivity contribution in [2.24, 2.45) is 5.92 Å². The monoisotopic (exact) mass is 307 g/mol. The van der Waals surface area contributed by atoms with E-state index in [0.717, 1.165) is 19.0 Å². The average molecular weight is 308 g/mol. The fraction of sp³-hybridized carbons (Fsp3) is 1.00. The van der Waals surface area contributed by atoms with E-state index in [-0.39, 0.29) is 0 Å². The molecule has 0 bridgehead atoms. The zero-order valence-corrected chi connectivity index (χ0v) is 16.7. The summed E-state index contributed by atoms with van der Waals surface area (Å²) in [6.07, 6.45) is 1.22. The average Bonchev–Trinajstić information content (AvgIpc) is 2.29. The van der Waals surface area contributed by atoms with E-state index in [4.69, 9.17) is 8.85 Å². The molecule has 19 heavy (non-hydrogen) atoms. The van der Waals surface area contributed by atoms with Gasteiger partial charge in [-0.15, -0.1) is 0 Å². The molecule has 0 saturated heterocycles. The molecule has 0 aliphatic heterocycles. The highest BCUT2D eigenvalue weighted by Gasteiger charge is 2.23. The predicted molar refractivity (Wildman–Crippen MR) is 92.0 cm³/mol. The standard InChI is InChI=1S/C10H25NOSi.C4H12OSi/c1-6-7-11-8-10(2)9-13(4,5)12-3;1-5-6(2,3)4/h10-11H,6-9H2,1-5H3;1-4H3. The largest absolute Gasteiger partial charge is 0.421 e. The van der Waals surface area contributed by atoms with Gasteiger partial charge in [-0.25, -0.2) is 0 Å². The van der Waals surface area contributed by atoms with Gasteiger partial charge in [0.15, 0.2) is 16.6 Å². The molecule has 0 amide bonds. The Morgan fingerprint density at radius 3 is 1.79 bits per heavy atom. The highest BCUT2D eigenvalue weighted by atomic mass is 28.4. The van der Waals surface area contributed by atoms with Gasteiger partial charge in [-0.3, -0.25) is 0 Å². The molecule has 5 heteroatoms. The Bertz CT molecular complexity index is 206. The number of hydrogen-bond donors (Lipinski definition) is 1. The topological polar surface area (TPSA) is 30.5 Å². The molecule has 0 spiro atoms. The first kappa shape index (κ1) is 21.6. The van der Waals surface area contributed by atoms with Crippen molar-refractivity contribution in [2.45, 2.75) is 59.0 Å². The fourth-order valence-corrected chi connectivity index (χ4v) is 3.51. The van der Waals surface area contributed by atoms with Crippen LogP contribution in [0.1, 0.15) is 20.3 Å². The minimum absolute atomic E-state index is 0.744. The van der Waals surface area contributed by atoms with Crippen molar-refractivity contribution in [3.05, 3.63) is 0 Å². The summed E-state index contributed by atoms with van der Waals surface area (Å²) < 4.78 is 10.6. The lowest BCUT2D eigenvalue weighted by Gasteiger charge is -2.24. The van der Waals surface area contributed by atoms with Crippen LogP contribution in [0.15, 0.2) is 0 Å². The molecule has 1 unspecified atom stereocenters. The quantitative estimate of drug-likeness (QED) is 0.544. The van der Waals surface area contributed by atoms with Crippen molar-refractivity contribution in [3.63, 3.8) is 0 Å². The molecule has 0 aromatic rings. The molecular weight excluding hydrogens is 270 g/mol. The first-order valence-electron chi connectivity index (χ1n) is 7.39. The van der Waals surface area contributed by atoms with Crippen LogP contribution in [0.3, 0.4) is 0 Å². The first-order chi connectivity index (χ1) is 8.58. The van der Waals surface area contributed by atoms with E-state index in [0.29, 0.717) is 0 Å². The molecule has 0 saturated carbocycles. The molecule has 0 fully saturated rings. The Kier molecular flexibility index (Phi) is 12.5. The Morgan fingerprint density at radius 2 is 1.47 bits per heavy atom. The maximum Gasteiger partial charge on any atom is 0.186 e. The molecule has 0 heterocycles. The lowest BCUT2D eigenvalue weighted by atomic mass is 10.2. The van der Waals surface area contributed by atoms with Crippen molar-refractivity contribution in [1.29, 1.82) is 0 Å². The van der Waals surface area contributed by atoms with E-state index in [9.17, 15) is 0 Å². The fourth-order valence-electron chi connectivity index (χ4n) is 1.52. The van der Waals surface area contributed by atoms with Gasteiger partial charge in [-0.05, 0) is 64.2 Å². The van der Waals surface area contributed by atoms with E-state index in [1.165, 1.54) is 12.5 Å². The summed E-state index contributed by atoms with van der Waals surface area (Å²) in [5, 5.41) is 3.45. The van der Waals surface area contributed by atoms with Crippen LogP contribution in [0.2, 0.25) is 38.8 Å². The van der Waals surface area contributed by atoms with Crippen LogP contribution < -0.4 is 5.32 Å². The van der Waals surface area contributed by atoms with Crippen LogP contribution >= 0.6 is 0 Å². The molecule has 0 radical (unpaired) electrons. The molecule has 0 aromatic carbocycles. The zero-order chi connectivity index (χ0) is 15.5. The summed E-state index contributed by atoms with van der Waals surface area (Å²) in [5.74, 6) is 0.744. The molecule has 3 nitrogen and oxygen atoms in total. The highest BCUT2D eigenvalue weighted by molar-refractivity contribution is 6.71. The smallest absolute Gasteiger partial charge is 0.186 e. The van der Waals surface area contributed by atoms with Crippen molar-refractivity contribution in [3.8, 4) is 0 Å². The maximum atomic E-state index is 5.53. The third kappa shape index (κ3) is 18.3. The van der Waals surface area contributed by atoms with E-state index in [1.54, 1.807) is 7.11 Å². The third-order valence-corrected chi connectivity index (χ3v) is 6.93. The number of rotatable bonds is 8. The molecule has 0 aliphatic carbocycles. The molecule has 1 N–H and O–H groups in total. The van der Waals surface area contributed by atoms with Gasteiger partial charge in [0.2, 0.25) is 0 Å². The second-order valence-corrected chi connectivity index (χ2v) is 15.8. The van der Waals surface area contributed by atoms with Gasteiger partial charge >= 0.3 is 0 Å². The van der Waals surface area contributed by atoms with Crippen LogP contribution in [0.5, 0.6) is 0 Å². The highest BCUT2D eigenvalue weighted by Crippen LogP contribution is 2.16. The van der Waals surface area contributed by atoms with E-state index < -0.39 is 16.6 Å². The Balaban J connectivity index is 0. The number of hydrogen-bond acceptors (Lipinski definition) is 3. The first-order valence-corrected chi connectivity index (χ1v) is 13.9. The van der Waals surface area contributed by atoms with Gasteiger partial charge in [0, 0.05) is 14.2 Å². The SMILES string of the molecule is CCCNCC(C)C[Si](C)(C)OC.CO[Si](C)(C)C. The normalized spacial score (nSPS) is 13.7. The molecule has 0 aromatic heterocycles. The Labute approximate surface area is 123 Å². The van der Waals surface area contributed by atoms with Gasteiger partial charge in [0.25, 0.3) is 0 Å². The Hall–Kier alpha value is 0.314.